The van der Waals surface area contributed by atoms with Crippen molar-refractivity contribution in [3.8, 4) is 0 Å². The van der Waals surface area contributed by atoms with Crippen LogP contribution >= 0.6 is 0 Å². The second-order valence-corrected chi connectivity index (χ2v) is 2.99. The van der Waals surface area contributed by atoms with Crippen LogP contribution in [0.15, 0.2) is 47.6 Å². The molecule has 0 saturated heterocycles. The molecule has 15 heavy (non-hydrogen) atoms. The van der Waals surface area contributed by atoms with Gasteiger partial charge in [-0.3, -0.25) is 0 Å². The number of nitrogens with zero attached hydrogens (tertiary/aromatic N) is 1. The van der Waals surface area contributed by atoms with Gasteiger partial charge in [-0.15, -0.1) is 0 Å². The molecule has 1 aliphatic rings. The molecule has 2 rings (SSSR count). The highest BCUT2D eigenvalue weighted by molar-refractivity contribution is 5.96. The Labute approximate surface area is 91.7 Å². The van der Waals surface area contributed by atoms with Gasteiger partial charge in [0.15, 0.2) is 0 Å². The Morgan fingerprint density at radius 1 is 1.13 bits per heavy atom. The fourth-order valence-electron chi connectivity index (χ4n) is 1.28. The number of nitrogens with one attached hydrogen (secondary N) is 1. The molecule has 0 bridgehead atoms. The summed E-state index contributed by atoms with van der Waals surface area (Å²) in [5.74, 6) is 1.05. The summed E-state index contributed by atoms with van der Waals surface area (Å²) in [6.07, 6.45) is 6.02. The van der Waals surface area contributed by atoms with Crippen LogP contribution in [0.1, 0.15) is 26.7 Å². The lowest BCUT2D eigenvalue weighted by atomic mass is 10.2. The number of anilines is 1. The van der Waals surface area contributed by atoms with Crippen LogP contribution in [0.2, 0.25) is 0 Å². The monoisotopic (exact) mass is 202 g/mol. The molecule has 0 amide bonds. The number of aliphatic imine (C=N–C) groups is 1. The van der Waals surface area contributed by atoms with E-state index in [4.69, 9.17) is 0 Å². The van der Waals surface area contributed by atoms with Gasteiger partial charge in [0.2, 0.25) is 0 Å². The van der Waals surface area contributed by atoms with Gasteiger partial charge in [-0.1, -0.05) is 38.1 Å². The fourth-order valence-corrected chi connectivity index (χ4v) is 1.28. The van der Waals surface area contributed by atoms with Crippen molar-refractivity contribution in [1.82, 2.24) is 0 Å². The molecular weight excluding hydrogens is 184 g/mol. The SMILES string of the molecule is C1=CN=C(Nc2ccccc2)CC1.CC. The minimum Gasteiger partial charge on any atom is -0.344 e. The van der Waals surface area contributed by atoms with E-state index in [2.05, 4.69) is 16.4 Å². The average Bonchev–Trinajstić information content (AvgIpc) is 2.34. The van der Waals surface area contributed by atoms with Crippen LogP contribution in [0.3, 0.4) is 0 Å². The summed E-state index contributed by atoms with van der Waals surface area (Å²) < 4.78 is 0. The van der Waals surface area contributed by atoms with Crippen LogP contribution in [-0.2, 0) is 0 Å². The van der Waals surface area contributed by atoms with Gasteiger partial charge in [0.05, 0.1) is 0 Å². The second kappa shape index (κ2) is 6.82. The highest BCUT2D eigenvalue weighted by atomic mass is 15.0. The maximum Gasteiger partial charge on any atom is 0.106 e. The van der Waals surface area contributed by atoms with E-state index in [0.717, 1.165) is 24.4 Å². The van der Waals surface area contributed by atoms with Crippen molar-refractivity contribution < 1.29 is 0 Å². The molecule has 1 heterocycles. The summed E-state index contributed by atoms with van der Waals surface area (Å²) in [4.78, 5) is 4.25. The standard InChI is InChI=1S/C11H12N2.C2H6/c1-2-6-10(7-3-1)13-11-8-4-5-9-12-11;1-2/h1-3,5-7,9H,4,8H2,(H,12,13);1-2H3. The number of benzene rings is 1. The molecule has 0 aliphatic carbocycles. The number of rotatable bonds is 1. The van der Waals surface area contributed by atoms with Crippen LogP contribution in [0.5, 0.6) is 0 Å². The van der Waals surface area contributed by atoms with Gasteiger partial charge in [0.25, 0.3) is 0 Å². The molecule has 0 aromatic heterocycles. The quantitative estimate of drug-likeness (QED) is 0.735. The van der Waals surface area contributed by atoms with Crippen molar-refractivity contribution in [3.63, 3.8) is 0 Å². The zero-order valence-corrected chi connectivity index (χ0v) is 9.40. The van der Waals surface area contributed by atoms with Gasteiger partial charge in [-0.25, -0.2) is 4.99 Å². The largest absolute Gasteiger partial charge is 0.344 e. The first kappa shape index (κ1) is 11.5. The molecule has 1 N–H and O–H groups in total. The Hall–Kier alpha value is -1.57. The molecule has 0 unspecified atom stereocenters. The van der Waals surface area contributed by atoms with Gasteiger partial charge in [-0.2, -0.15) is 0 Å². The van der Waals surface area contributed by atoms with Crippen LogP contribution in [0.25, 0.3) is 0 Å². The Kier molecular flexibility index (Phi) is 5.23. The van der Waals surface area contributed by atoms with Gasteiger partial charge in [0.1, 0.15) is 5.84 Å². The van der Waals surface area contributed by atoms with Crippen molar-refractivity contribution in [1.29, 1.82) is 0 Å². The van der Waals surface area contributed by atoms with Crippen LogP contribution in [0, 0.1) is 0 Å². The lowest BCUT2D eigenvalue weighted by Gasteiger charge is -2.10. The first-order valence-electron chi connectivity index (χ1n) is 5.49. The number of para-hydroxylation sites is 1. The maximum absolute atomic E-state index is 4.25. The van der Waals surface area contributed by atoms with E-state index in [-0.39, 0.29) is 0 Å². The highest BCUT2D eigenvalue weighted by Crippen LogP contribution is 2.09. The second-order valence-electron chi connectivity index (χ2n) is 2.99. The topological polar surface area (TPSA) is 24.4 Å². The first-order valence-corrected chi connectivity index (χ1v) is 5.49. The van der Waals surface area contributed by atoms with E-state index in [9.17, 15) is 0 Å². The van der Waals surface area contributed by atoms with Crippen molar-refractivity contribution in [2.45, 2.75) is 26.7 Å². The summed E-state index contributed by atoms with van der Waals surface area (Å²) in [6.45, 7) is 4.00. The van der Waals surface area contributed by atoms with E-state index in [1.54, 1.807) is 0 Å². The normalized spacial score (nSPS) is 13.6. The van der Waals surface area contributed by atoms with Crippen molar-refractivity contribution in [2.24, 2.45) is 4.99 Å². The molecule has 1 aromatic rings. The molecule has 0 radical (unpaired) electrons. The van der Waals surface area contributed by atoms with Crippen LogP contribution < -0.4 is 5.32 Å². The lowest BCUT2D eigenvalue weighted by Crippen LogP contribution is -2.12. The van der Waals surface area contributed by atoms with Crippen molar-refractivity contribution >= 4 is 11.5 Å². The highest BCUT2D eigenvalue weighted by Gasteiger charge is 2.00. The lowest BCUT2D eigenvalue weighted by molar-refractivity contribution is 1.05. The van der Waals surface area contributed by atoms with Crippen molar-refractivity contribution in [3.05, 3.63) is 42.6 Å². The third kappa shape index (κ3) is 3.98. The Balaban J connectivity index is 0.000000531. The summed E-state index contributed by atoms with van der Waals surface area (Å²) in [5.41, 5.74) is 1.11. The predicted octanol–water partition coefficient (Wildman–Crippen LogP) is 3.83. The molecule has 0 saturated carbocycles. The summed E-state index contributed by atoms with van der Waals surface area (Å²) in [6, 6.07) is 10.1. The Morgan fingerprint density at radius 3 is 2.47 bits per heavy atom. The van der Waals surface area contributed by atoms with E-state index in [1.807, 2.05) is 50.4 Å². The van der Waals surface area contributed by atoms with E-state index in [1.165, 1.54) is 0 Å². The predicted molar refractivity (Wildman–Crippen MR) is 67.2 cm³/mol. The maximum atomic E-state index is 4.25. The van der Waals surface area contributed by atoms with Crippen molar-refractivity contribution in [2.75, 3.05) is 5.32 Å². The minimum absolute atomic E-state index is 1.01. The molecular formula is C13H18N2. The van der Waals surface area contributed by atoms with E-state index < -0.39 is 0 Å². The number of amidine groups is 1. The van der Waals surface area contributed by atoms with Crippen LogP contribution in [-0.4, -0.2) is 5.84 Å². The van der Waals surface area contributed by atoms with E-state index >= 15 is 0 Å². The third-order valence-electron chi connectivity index (χ3n) is 1.95. The molecule has 2 heteroatoms. The molecule has 0 atom stereocenters. The average molecular weight is 202 g/mol. The molecule has 1 aromatic carbocycles. The van der Waals surface area contributed by atoms with Gasteiger partial charge in [0, 0.05) is 18.3 Å². The van der Waals surface area contributed by atoms with Crippen LogP contribution in [0.4, 0.5) is 5.69 Å². The Morgan fingerprint density at radius 2 is 1.87 bits per heavy atom. The molecule has 0 spiro atoms. The fraction of sp³-hybridized carbons (Fsp3) is 0.308. The minimum atomic E-state index is 1.01. The summed E-state index contributed by atoms with van der Waals surface area (Å²) in [7, 11) is 0. The Bertz CT molecular complexity index is 326. The summed E-state index contributed by atoms with van der Waals surface area (Å²) in [5, 5.41) is 3.28. The number of hydrogen-bond donors (Lipinski definition) is 1. The van der Waals surface area contributed by atoms with Gasteiger partial charge >= 0.3 is 0 Å². The molecule has 1 aliphatic heterocycles. The third-order valence-corrected chi connectivity index (χ3v) is 1.95. The molecule has 80 valence electrons. The zero-order valence-electron chi connectivity index (χ0n) is 9.40. The smallest absolute Gasteiger partial charge is 0.106 e. The van der Waals surface area contributed by atoms with E-state index in [0.29, 0.717) is 0 Å². The summed E-state index contributed by atoms with van der Waals surface area (Å²) >= 11 is 0. The first-order chi connectivity index (χ1) is 7.45. The number of allylic oxidation sites excluding steroid dienone is 1. The van der Waals surface area contributed by atoms with Gasteiger partial charge < -0.3 is 5.32 Å². The molecule has 0 fully saturated rings. The zero-order chi connectivity index (χ0) is 10.9. The molecule has 2 nitrogen and oxygen atoms in total. The van der Waals surface area contributed by atoms with Gasteiger partial charge in [-0.05, 0) is 18.6 Å². The number of hydrogen-bond acceptors (Lipinski definition) is 2.